The van der Waals surface area contributed by atoms with E-state index in [4.69, 9.17) is 10.5 Å². The van der Waals surface area contributed by atoms with Gasteiger partial charge in [-0.25, -0.2) is 8.78 Å². The second kappa shape index (κ2) is 5.41. The van der Waals surface area contributed by atoms with E-state index < -0.39 is 23.6 Å². The number of hydrogen-bond donors (Lipinski definition) is 2. The Hall–Kier alpha value is -1.53. The zero-order valence-electron chi connectivity index (χ0n) is 9.66. The third-order valence-corrected chi connectivity index (χ3v) is 2.85. The van der Waals surface area contributed by atoms with E-state index in [0.29, 0.717) is 19.4 Å². The Morgan fingerprint density at radius 3 is 2.89 bits per heavy atom. The van der Waals surface area contributed by atoms with E-state index in [2.05, 4.69) is 5.32 Å². The second-order valence-corrected chi connectivity index (χ2v) is 4.17. The van der Waals surface area contributed by atoms with Crippen LogP contribution in [0, 0.1) is 11.6 Å². The van der Waals surface area contributed by atoms with Gasteiger partial charge in [0, 0.05) is 12.6 Å². The van der Waals surface area contributed by atoms with Gasteiger partial charge in [0.2, 0.25) is 0 Å². The van der Waals surface area contributed by atoms with E-state index in [1.54, 1.807) is 0 Å². The highest BCUT2D eigenvalue weighted by molar-refractivity contribution is 5.94. The molecule has 1 fully saturated rings. The SMILES string of the molecule is NCC1CCC(C(=O)Nc2cc(F)ccc2F)O1. The summed E-state index contributed by atoms with van der Waals surface area (Å²) >= 11 is 0. The van der Waals surface area contributed by atoms with Crippen LogP contribution in [0.4, 0.5) is 14.5 Å². The fraction of sp³-hybridized carbons (Fsp3) is 0.417. The van der Waals surface area contributed by atoms with Crippen molar-refractivity contribution in [2.75, 3.05) is 11.9 Å². The van der Waals surface area contributed by atoms with Crippen LogP contribution in [0.15, 0.2) is 18.2 Å². The number of nitrogens with one attached hydrogen (secondary N) is 1. The summed E-state index contributed by atoms with van der Waals surface area (Å²) in [6.45, 7) is 0.345. The van der Waals surface area contributed by atoms with Gasteiger partial charge < -0.3 is 15.8 Å². The largest absolute Gasteiger partial charge is 0.364 e. The summed E-state index contributed by atoms with van der Waals surface area (Å²) in [6.07, 6.45) is 0.435. The highest BCUT2D eigenvalue weighted by atomic mass is 19.1. The number of hydrogen-bond acceptors (Lipinski definition) is 3. The minimum Gasteiger partial charge on any atom is -0.364 e. The van der Waals surface area contributed by atoms with Crippen LogP contribution in [0.2, 0.25) is 0 Å². The Labute approximate surface area is 103 Å². The van der Waals surface area contributed by atoms with Crippen molar-refractivity contribution in [1.29, 1.82) is 0 Å². The van der Waals surface area contributed by atoms with Crippen molar-refractivity contribution in [3.8, 4) is 0 Å². The predicted molar refractivity (Wildman–Crippen MR) is 61.9 cm³/mol. The highest BCUT2D eigenvalue weighted by Crippen LogP contribution is 2.21. The van der Waals surface area contributed by atoms with Crippen LogP contribution >= 0.6 is 0 Å². The van der Waals surface area contributed by atoms with Gasteiger partial charge >= 0.3 is 0 Å². The summed E-state index contributed by atoms with van der Waals surface area (Å²) in [6, 6.07) is 2.88. The Morgan fingerprint density at radius 1 is 1.44 bits per heavy atom. The molecule has 0 radical (unpaired) electrons. The molecule has 0 saturated carbocycles. The van der Waals surface area contributed by atoms with Crippen LogP contribution in [0.3, 0.4) is 0 Å². The first kappa shape index (κ1) is 12.9. The second-order valence-electron chi connectivity index (χ2n) is 4.17. The molecule has 0 bridgehead atoms. The molecular formula is C12H14F2N2O2. The molecule has 1 aromatic carbocycles. The third-order valence-electron chi connectivity index (χ3n) is 2.85. The number of carbonyl (C=O) groups is 1. The maximum atomic E-state index is 13.3. The van der Waals surface area contributed by atoms with E-state index in [1.165, 1.54) is 0 Å². The molecule has 1 heterocycles. The van der Waals surface area contributed by atoms with Crippen molar-refractivity contribution < 1.29 is 18.3 Å². The summed E-state index contributed by atoms with van der Waals surface area (Å²) in [5.41, 5.74) is 5.25. The standard InChI is InChI=1S/C12H14F2N2O2/c13-7-1-3-9(14)10(5-7)16-12(17)11-4-2-8(6-15)18-11/h1,3,5,8,11H,2,4,6,15H2,(H,16,17). The van der Waals surface area contributed by atoms with E-state index in [-0.39, 0.29) is 11.8 Å². The average Bonchev–Trinajstić information content (AvgIpc) is 2.82. The van der Waals surface area contributed by atoms with Gasteiger partial charge in [0.1, 0.15) is 17.7 Å². The van der Waals surface area contributed by atoms with Gasteiger partial charge in [-0.3, -0.25) is 4.79 Å². The molecule has 18 heavy (non-hydrogen) atoms. The number of halogens is 2. The minimum absolute atomic E-state index is 0.141. The zero-order chi connectivity index (χ0) is 13.1. The van der Waals surface area contributed by atoms with Crippen LogP contribution in [0.1, 0.15) is 12.8 Å². The van der Waals surface area contributed by atoms with Gasteiger partial charge in [-0.15, -0.1) is 0 Å². The predicted octanol–water partition coefficient (Wildman–Crippen LogP) is 1.41. The molecule has 1 aromatic rings. The Balaban J connectivity index is 2.01. The molecule has 2 atom stereocenters. The molecule has 1 aliphatic heterocycles. The van der Waals surface area contributed by atoms with E-state index in [1.807, 2.05) is 0 Å². The fourth-order valence-corrected chi connectivity index (χ4v) is 1.88. The lowest BCUT2D eigenvalue weighted by Crippen LogP contribution is -2.30. The van der Waals surface area contributed by atoms with Crippen molar-refractivity contribution in [2.45, 2.75) is 25.0 Å². The third kappa shape index (κ3) is 2.83. The molecule has 1 aliphatic rings. The molecule has 98 valence electrons. The highest BCUT2D eigenvalue weighted by Gasteiger charge is 2.30. The molecule has 1 saturated heterocycles. The maximum Gasteiger partial charge on any atom is 0.253 e. The molecule has 3 N–H and O–H groups in total. The van der Waals surface area contributed by atoms with Gasteiger partial charge in [0.05, 0.1) is 11.8 Å². The Morgan fingerprint density at radius 2 is 2.22 bits per heavy atom. The first-order valence-electron chi connectivity index (χ1n) is 5.71. The molecule has 1 amide bonds. The first-order valence-corrected chi connectivity index (χ1v) is 5.71. The number of benzene rings is 1. The monoisotopic (exact) mass is 256 g/mol. The summed E-state index contributed by atoms with van der Waals surface area (Å²) in [7, 11) is 0. The van der Waals surface area contributed by atoms with Gasteiger partial charge in [0.15, 0.2) is 0 Å². The summed E-state index contributed by atoms with van der Waals surface area (Å²) < 4.78 is 31.6. The molecular weight excluding hydrogens is 242 g/mol. The molecule has 2 rings (SSSR count). The summed E-state index contributed by atoms with van der Waals surface area (Å²) in [5.74, 6) is -1.77. The van der Waals surface area contributed by atoms with Crippen molar-refractivity contribution in [1.82, 2.24) is 0 Å². The Kier molecular flexibility index (Phi) is 3.88. The number of nitrogens with two attached hydrogens (primary N) is 1. The van der Waals surface area contributed by atoms with Gasteiger partial charge in [0.25, 0.3) is 5.91 Å². The molecule has 0 spiro atoms. The van der Waals surface area contributed by atoms with Gasteiger partial charge in [-0.1, -0.05) is 0 Å². The van der Waals surface area contributed by atoms with Crippen molar-refractivity contribution in [3.63, 3.8) is 0 Å². The van der Waals surface area contributed by atoms with Crippen molar-refractivity contribution in [3.05, 3.63) is 29.8 Å². The van der Waals surface area contributed by atoms with Crippen LogP contribution in [0.25, 0.3) is 0 Å². The average molecular weight is 256 g/mol. The number of rotatable bonds is 3. The summed E-state index contributed by atoms with van der Waals surface area (Å²) in [5, 5.41) is 2.32. The van der Waals surface area contributed by atoms with Crippen LogP contribution in [0.5, 0.6) is 0 Å². The van der Waals surface area contributed by atoms with E-state index in [0.717, 1.165) is 18.2 Å². The van der Waals surface area contributed by atoms with Crippen LogP contribution < -0.4 is 11.1 Å². The lowest BCUT2D eigenvalue weighted by atomic mass is 10.2. The molecule has 4 nitrogen and oxygen atoms in total. The first-order chi connectivity index (χ1) is 8.60. The van der Waals surface area contributed by atoms with E-state index in [9.17, 15) is 13.6 Å². The smallest absolute Gasteiger partial charge is 0.253 e. The number of carbonyl (C=O) groups excluding carboxylic acids is 1. The topological polar surface area (TPSA) is 64.4 Å². The lowest BCUT2D eigenvalue weighted by molar-refractivity contribution is -0.126. The summed E-state index contributed by atoms with van der Waals surface area (Å²) in [4.78, 5) is 11.8. The molecule has 6 heteroatoms. The van der Waals surface area contributed by atoms with Crippen LogP contribution in [-0.4, -0.2) is 24.7 Å². The number of anilines is 1. The van der Waals surface area contributed by atoms with Gasteiger partial charge in [-0.2, -0.15) is 0 Å². The maximum absolute atomic E-state index is 13.3. The Bertz CT molecular complexity index is 454. The van der Waals surface area contributed by atoms with Crippen molar-refractivity contribution >= 4 is 11.6 Å². The molecule has 2 unspecified atom stereocenters. The minimum atomic E-state index is -0.682. The van der Waals surface area contributed by atoms with Crippen LogP contribution in [-0.2, 0) is 9.53 Å². The zero-order valence-corrected chi connectivity index (χ0v) is 9.66. The number of amides is 1. The normalized spacial score (nSPS) is 23.1. The number of ether oxygens (including phenoxy) is 1. The van der Waals surface area contributed by atoms with Crippen molar-refractivity contribution in [2.24, 2.45) is 5.73 Å². The fourth-order valence-electron chi connectivity index (χ4n) is 1.88. The lowest BCUT2D eigenvalue weighted by Gasteiger charge is -2.13. The van der Waals surface area contributed by atoms with E-state index >= 15 is 0 Å². The molecule has 0 aromatic heterocycles. The van der Waals surface area contributed by atoms with Gasteiger partial charge in [-0.05, 0) is 25.0 Å². The quantitative estimate of drug-likeness (QED) is 0.859. The molecule has 0 aliphatic carbocycles.